The largest absolute Gasteiger partial charge is 0.507 e. The first-order chi connectivity index (χ1) is 32.7. The number of rotatable bonds is 7. The minimum atomic E-state index is -0.342. The van der Waals surface area contributed by atoms with Crippen LogP contribution in [0.25, 0.3) is 83.8 Å². The third-order valence-electron chi connectivity index (χ3n) is 13.5. The van der Waals surface area contributed by atoms with Crippen molar-refractivity contribution in [1.82, 2.24) is 19.5 Å². The Kier molecular flexibility index (Phi) is 13.4. The monoisotopic (exact) mass is 1120 g/mol. The van der Waals surface area contributed by atoms with Crippen LogP contribution in [0.5, 0.6) is 5.75 Å². The SMILES string of the molecule is CC(C)(C)Cc1ccc(-c2ccc3c(-c4[c-]c(-c5cccc6c5nc(-c5cc(C(C)(C)C)cc(C(C)(C)C)c5O)n6-c5ccc(C(C)(C)C)cc5-c5ccccc5)cc(C(C)(C)C)c4)ncnc3c2)o1.[Pt]. The molecule has 0 radical (unpaired) electrons. The second-order valence-corrected chi connectivity index (χ2v) is 24.6. The van der Waals surface area contributed by atoms with Gasteiger partial charge in [0, 0.05) is 49.9 Å². The van der Waals surface area contributed by atoms with Crippen LogP contribution in [0.15, 0.2) is 132 Å². The first-order valence-corrected chi connectivity index (χ1v) is 24.8. The van der Waals surface area contributed by atoms with Gasteiger partial charge in [-0.2, -0.15) is 0 Å². The Morgan fingerprint density at radius 3 is 1.89 bits per heavy atom. The molecule has 9 rings (SSSR count). The second-order valence-electron chi connectivity index (χ2n) is 24.6. The van der Waals surface area contributed by atoms with Gasteiger partial charge in [-0.1, -0.05) is 182 Å². The average molecular weight is 1120 g/mol. The van der Waals surface area contributed by atoms with Crippen LogP contribution in [-0.2, 0) is 49.1 Å². The normalized spacial score (nSPS) is 12.7. The zero-order valence-corrected chi connectivity index (χ0v) is 46.6. The minimum Gasteiger partial charge on any atom is -0.507 e. The number of furan rings is 1. The van der Waals surface area contributed by atoms with Crippen LogP contribution in [0, 0.1) is 11.5 Å². The molecule has 0 aliphatic heterocycles. The maximum Gasteiger partial charge on any atom is 0.148 e. The van der Waals surface area contributed by atoms with Crippen LogP contribution in [0.2, 0.25) is 0 Å². The van der Waals surface area contributed by atoms with Crippen molar-refractivity contribution in [3.63, 3.8) is 0 Å². The molecule has 6 nitrogen and oxygen atoms in total. The average Bonchev–Trinajstić information content (AvgIpc) is 3.91. The van der Waals surface area contributed by atoms with Crippen molar-refractivity contribution < 1.29 is 30.6 Å². The number of phenolic OH excluding ortho intramolecular Hbond substituents is 1. The van der Waals surface area contributed by atoms with E-state index >= 15 is 0 Å². The van der Waals surface area contributed by atoms with Crippen molar-refractivity contribution in [3.8, 4) is 67.7 Å². The number of para-hydroxylation sites is 1. The Morgan fingerprint density at radius 1 is 0.563 bits per heavy atom. The Morgan fingerprint density at radius 2 is 1.23 bits per heavy atom. The Bertz CT molecular complexity index is 3430. The fourth-order valence-electron chi connectivity index (χ4n) is 9.45. The van der Waals surface area contributed by atoms with Gasteiger partial charge in [0.2, 0.25) is 0 Å². The fourth-order valence-corrected chi connectivity index (χ4v) is 9.45. The van der Waals surface area contributed by atoms with E-state index < -0.39 is 0 Å². The summed E-state index contributed by atoms with van der Waals surface area (Å²) in [7, 11) is 0. The first kappa shape index (κ1) is 51.3. The van der Waals surface area contributed by atoms with E-state index in [4.69, 9.17) is 19.4 Å². The first-order valence-electron chi connectivity index (χ1n) is 24.8. The summed E-state index contributed by atoms with van der Waals surface area (Å²) in [6.45, 7) is 33.4. The molecule has 6 aromatic carbocycles. The number of benzene rings is 6. The second kappa shape index (κ2) is 18.5. The number of phenols is 1. The van der Waals surface area contributed by atoms with Gasteiger partial charge in [-0.25, -0.2) is 9.97 Å². The number of aromatic nitrogens is 4. The summed E-state index contributed by atoms with van der Waals surface area (Å²) >= 11 is 0. The Labute approximate surface area is 436 Å². The predicted molar refractivity (Wildman–Crippen MR) is 292 cm³/mol. The molecule has 0 spiro atoms. The third-order valence-corrected chi connectivity index (χ3v) is 13.5. The summed E-state index contributed by atoms with van der Waals surface area (Å²) in [4.78, 5) is 15.4. The molecule has 0 saturated heterocycles. The van der Waals surface area contributed by atoms with Gasteiger partial charge >= 0.3 is 0 Å². The molecule has 7 heteroatoms. The van der Waals surface area contributed by atoms with Gasteiger partial charge < -0.3 is 9.52 Å². The van der Waals surface area contributed by atoms with E-state index in [-0.39, 0.29) is 53.9 Å². The summed E-state index contributed by atoms with van der Waals surface area (Å²) in [5.74, 6) is 2.71. The number of imidazole rings is 1. The van der Waals surface area contributed by atoms with E-state index in [0.717, 1.165) is 101 Å². The van der Waals surface area contributed by atoms with E-state index in [2.05, 4.69) is 236 Å². The van der Waals surface area contributed by atoms with E-state index in [1.54, 1.807) is 6.33 Å². The van der Waals surface area contributed by atoms with E-state index in [1.807, 2.05) is 0 Å². The van der Waals surface area contributed by atoms with E-state index in [0.29, 0.717) is 11.4 Å². The van der Waals surface area contributed by atoms with Crippen LogP contribution in [-0.4, -0.2) is 24.6 Å². The molecule has 0 aliphatic carbocycles. The van der Waals surface area contributed by atoms with Crippen LogP contribution in [0.1, 0.15) is 132 Å². The van der Waals surface area contributed by atoms with Crippen molar-refractivity contribution >= 4 is 21.9 Å². The molecule has 0 aliphatic rings. The van der Waals surface area contributed by atoms with Crippen LogP contribution in [0.3, 0.4) is 0 Å². The quantitative estimate of drug-likeness (QED) is 0.161. The van der Waals surface area contributed by atoms with Gasteiger partial charge in [0.15, 0.2) is 0 Å². The number of fused-ring (bicyclic) bond motifs is 2. The smallest absolute Gasteiger partial charge is 0.148 e. The molecular formula is C64H69N4O2Pt-. The number of nitrogens with zero attached hydrogens (tertiary/aromatic N) is 4. The molecule has 0 fully saturated rings. The van der Waals surface area contributed by atoms with Gasteiger partial charge in [0.25, 0.3) is 0 Å². The molecule has 0 atom stereocenters. The Hall–Kier alpha value is -6.10. The summed E-state index contributed by atoms with van der Waals surface area (Å²) in [5.41, 5.74) is 14.6. The molecule has 0 bridgehead atoms. The van der Waals surface area contributed by atoms with Gasteiger partial charge in [-0.3, -0.25) is 9.55 Å². The Balaban J connectivity index is 0.00000676. The van der Waals surface area contributed by atoms with Crippen LogP contribution < -0.4 is 0 Å². The molecule has 0 amide bonds. The van der Waals surface area contributed by atoms with E-state index in [9.17, 15) is 5.11 Å². The van der Waals surface area contributed by atoms with Crippen molar-refractivity contribution in [2.45, 2.75) is 132 Å². The number of hydrogen-bond donors (Lipinski definition) is 1. The maximum atomic E-state index is 12.6. The summed E-state index contributed by atoms with van der Waals surface area (Å²) in [6, 6.07) is 47.0. The van der Waals surface area contributed by atoms with Gasteiger partial charge in [-0.15, -0.1) is 29.3 Å². The number of aromatic hydroxyl groups is 1. The molecule has 9 aromatic rings. The van der Waals surface area contributed by atoms with Crippen molar-refractivity contribution in [3.05, 3.63) is 162 Å². The number of hydrogen-bond acceptors (Lipinski definition) is 5. The molecule has 1 N–H and O–H groups in total. The maximum absolute atomic E-state index is 12.6. The molecule has 0 saturated carbocycles. The molecule has 0 unspecified atom stereocenters. The molecular weight excluding hydrogens is 1050 g/mol. The summed E-state index contributed by atoms with van der Waals surface area (Å²) in [6.07, 6.45) is 2.51. The fraction of sp³-hybridized carbons (Fsp3) is 0.328. The minimum absolute atomic E-state index is 0. The zero-order chi connectivity index (χ0) is 50.3. The standard InChI is InChI=1S/C64H69N4O2.Pt/c1-60(2,3)37-46-26-29-55(70-46)40-24-27-48-52(33-40)65-38-66-56(48)42-30-41(31-44(32-42)62(7,8)9)47-22-19-23-54-57(47)67-59(50-35-45(63(10,11)12)36-51(58(50)69)64(13,14)15)68(54)53-28-25-43(61(4,5)6)34-49(53)39-20-17-16-18-21-39;/h16-29,31-36,38,69H,37H2,1-15H3;/q-1;. The third kappa shape index (κ3) is 10.3. The summed E-state index contributed by atoms with van der Waals surface area (Å²) in [5, 5.41) is 13.5. The molecule has 3 heterocycles. The topological polar surface area (TPSA) is 77.0 Å². The van der Waals surface area contributed by atoms with Crippen molar-refractivity contribution in [1.29, 1.82) is 0 Å². The van der Waals surface area contributed by atoms with Crippen LogP contribution >= 0.6 is 0 Å². The zero-order valence-electron chi connectivity index (χ0n) is 44.3. The van der Waals surface area contributed by atoms with Crippen LogP contribution in [0.4, 0.5) is 0 Å². The molecule has 368 valence electrons. The van der Waals surface area contributed by atoms with Gasteiger partial charge in [0.1, 0.15) is 29.4 Å². The van der Waals surface area contributed by atoms with Crippen molar-refractivity contribution in [2.24, 2.45) is 5.41 Å². The van der Waals surface area contributed by atoms with Gasteiger partial charge in [-0.05, 0) is 91.6 Å². The predicted octanol–water partition coefficient (Wildman–Crippen LogP) is 17.2. The molecule has 71 heavy (non-hydrogen) atoms. The van der Waals surface area contributed by atoms with Gasteiger partial charge in [0.05, 0.1) is 27.8 Å². The summed E-state index contributed by atoms with van der Waals surface area (Å²) < 4.78 is 8.63. The van der Waals surface area contributed by atoms with Crippen molar-refractivity contribution in [2.75, 3.05) is 0 Å². The molecule has 3 aromatic heterocycles. The van der Waals surface area contributed by atoms with E-state index in [1.165, 1.54) is 5.56 Å².